The second-order valence-electron chi connectivity index (χ2n) is 7.17. The smallest absolute Gasteiger partial charge is 0.419 e. The van der Waals surface area contributed by atoms with Crippen LogP contribution in [-0.4, -0.2) is 35.6 Å². The molecular weight excluding hydrogens is 461 g/mol. The highest BCUT2D eigenvalue weighted by Gasteiger charge is 2.35. The summed E-state index contributed by atoms with van der Waals surface area (Å²) in [6.07, 6.45) is -3.79. The lowest BCUT2D eigenvalue weighted by Crippen LogP contribution is -2.47. The van der Waals surface area contributed by atoms with E-state index in [9.17, 15) is 27.8 Å². The van der Waals surface area contributed by atoms with E-state index in [1.165, 1.54) is 18.2 Å². The fourth-order valence-electron chi connectivity index (χ4n) is 2.87. The van der Waals surface area contributed by atoms with Gasteiger partial charge in [-0.05, 0) is 55.0 Å². The lowest BCUT2D eigenvalue weighted by Gasteiger charge is -2.24. The minimum Gasteiger partial charge on any atom is -0.493 e. The number of aliphatic hydroxyl groups excluding tert-OH is 2. The van der Waals surface area contributed by atoms with E-state index in [-0.39, 0.29) is 49.0 Å². The summed E-state index contributed by atoms with van der Waals surface area (Å²) in [4.78, 5) is 0. The van der Waals surface area contributed by atoms with Crippen LogP contribution in [-0.2, 0) is 19.0 Å². The molecule has 0 aliphatic carbocycles. The number of aliphatic hydroxyl groups is 2. The number of alkyl halides is 3. The fourth-order valence-corrected chi connectivity index (χ4v) is 3.06. The first-order valence-electron chi connectivity index (χ1n) is 9.36. The highest BCUT2D eigenvalue weighted by molar-refractivity contribution is 6.30. The normalized spacial score (nSPS) is 11.9. The molecule has 0 bridgehead atoms. The molecule has 2 aromatic carbocycles. The van der Waals surface area contributed by atoms with Crippen molar-refractivity contribution >= 4 is 24.0 Å². The number of hydrogen-bond acceptors (Lipinski definition) is 4. The Kier molecular flexibility index (Phi) is 10.5. The topological polar surface area (TPSA) is 75.7 Å². The Hall–Kier alpha value is -1.58. The molecule has 0 heterocycles. The zero-order chi connectivity index (χ0) is 22.4. The molecule has 4 N–H and O–H groups in total. The van der Waals surface area contributed by atoms with Crippen molar-refractivity contribution in [3.05, 3.63) is 63.9 Å². The van der Waals surface area contributed by atoms with Gasteiger partial charge in [0.15, 0.2) is 0 Å². The molecule has 0 radical (unpaired) electrons. The van der Waals surface area contributed by atoms with Gasteiger partial charge in [-0.1, -0.05) is 29.8 Å². The van der Waals surface area contributed by atoms with Gasteiger partial charge in [-0.2, -0.15) is 13.2 Å². The van der Waals surface area contributed by atoms with E-state index >= 15 is 0 Å². The third kappa shape index (κ3) is 7.80. The SMILES string of the molecule is Cl.NC(CO)(CO)CCc1ccc(OCCCc2cccc(Cl)c2F)c(C(F)(F)F)c1. The molecule has 0 aromatic heterocycles. The average molecular weight is 486 g/mol. The average Bonchev–Trinajstić information content (AvgIpc) is 2.72. The van der Waals surface area contributed by atoms with Crippen molar-refractivity contribution in [2.45, 2.75) is 37.4 Å². The summed E-state index contributed by atoms with van der Waals surface area (Å²) in [6.45, 7) is -0.997. The van der Waals surface area contributed by atoms with Gasteiger partial charge in [-0.25, -0.2) is 4.39 Å². The summed E-state index contributed by atoms with van der Waals surface area (Å²) >= 11 is 5.71. The van der Waals surface area contributed by atoms with Crippen molar-refractivity contribution in [3.63, 3.8) is 0 Å². The summed E-state index contributed by atoms with van der Waals surface area (Å²) in [5.74, 6) is -0.859. The maximum atomic E-state index is 13.9. The molecule has 31 heavy (non-hydrogen) atoms. The Morgan fingerprint density at radius 1 is 1.03 bits per heavy atom. The Labute approximate surface area is 189 Å². The quantitative estimate of drug-likeness (QED) is 0.341. The monoisotopic (exact) mass is 485 g/mol. The van der Waals surface area contributed by atoms with Crippen molar-refractivity contribution in [2.24, 2.45) is 5.73 Å². The first kappa shape index (κ1) is 27.5. The predicted molar refractivity (Wildman–Crippen MR) is 113 cm³/mol. The summed E-state index contributed by atoms with van der Waals surface area (Å²) in [5.41, 5.74) is 4.30. The minimum absolute atomic E-state index is 0. The third-order valence-electron chi connectivity index (χ3n) is 4.77. The molecule has 10 heteroatoms. The van der Waals surface area contributed by atoms with Gasteiger partial charge in [0, 0.05) is 0 Å². The zero-order valence-electron chi connectivity index (χ0n) is 16.6. The molecule has 0 aliphatic rings. The van der Waals surface area contributed by atoms with Crippen molar-refractivity contribution in [1.29, 1.82) is 0 Å². The van der Waals surface area contributed by atoms with Crippen LogP contribution in [0, 0.1) is 5.82 Å². The zero-order valence-corrected chi connectivity index (χ0v) is 18.2. The first-order valence-corrected chi connectivity index (χ1v) is 9.74. The van der Waals surface area contributed by atoms with Crippen LogP contribution in [0.25, 0.3) is 0 Å². The van der Waals surface area contributed by atoms with Crippen LogP contribution < -0.4 is 10.5 Å². The molecule has 174 valence electrons. The maximum Gasteiger partial charge on any atom is 0.419 e. The standard InChI is InChI=1S/C21H24ClF4NO3.ClH/c22-17-5-1-3-15(19(17)23)4-2-10-30-18-7-6-14(11-16(18)21(24,25)26)8-9-20(27,12-28)13-29;/h1,3,5-7,11,28-29H,2,4,8-10,12-13,27H2;1H. The number of hydrogen-bond donors (Lipinski definition) is 3. The van der Waals surface area contributed by atoms with E-state index in [0.29, 0.717) is 17.5 Å². The molecule has 0 fully saturated rings. The lowest BCUT2D eigenvalue weighted by atomic mass is 9.93. The van der Waals surface area contributed by atoms with E-state index in [1.54, 1.807) is 12.1 Å². The maximum absolute atomic E-state index is 13.9. The van der Waals surface area contributed by atoms with E-state index in [0.717, 1.165) is 6.07 Å². The molecule has 4 nitrogen and oxygen atoms in total. The van der Waals surface area contributed by atoms with Crippen LogP contribution in [0.5, 0.6) is 5.75 Å². The molecule has 2 rings (SSSR count). The number of benzene rings is 2. The molecule has 2 aromatic rings. The van der Waals surface area contributed by atoms with Gasteiger partial charge >= 0.3 is 6.18 Å². The molecule has 0 spiro atoms. The van der Waals surface area contributed by atoms with Crippen LogP contribution in [0.4, 0.5) is 17.6 Å². The number of aryl methyl sites for hydroxylation is 2. The summed E-state index contributed by atoms with van der Waals surface area (Å²) < 4.78 is 59.6. The van der Waals surface area contributed by atoms with Crippen LogP contribution in [0.15, 0.2) is 36.4 Å². The van der Waals surface area contributed by atoms with Crippen molar-refractivity contribution < 1.29 is 32.5 Å². The molecule has 0 saturated carbocycles. The Morgan fingerprint density at radius 2 is 1.71 bits per heavy atom. The highest BCUT2D eigenvalue weighted by atomic mass is 35.5. The summed E-state index contributed by atoms with van der Waals surface area (Å²) in [6, 6.07) is 8.27. The van der Waals surface area contributed by atoms with Crippen LogP contribution >= 0.6 is 24.0 Å². The second-order valence-corrected chi connectivity index (χ2v) is 7.58. The second kappa shape index (κ2) is 11.9. The minimum atomic E-state index is -4.63. The van der Waals surface area contributed by atoms with E-state index in [1.807, 2.05) is 0 Å². The van der Waals surface area contributed by atoms with Crippen LogP contribution in [0.3, 0.4) is 0 Å². The lowest BCUT2D eigenvalue weighted by molar-refractivity contribution is -0.139. The van der Waals surface area contributed by atoms with Crippen molar-refractivity contribution in [3.8, 4) is 5.75 Å². The number of ether oxygens (including phenoxy) is 1. The van der Waals surface area contributed by atoms with Gasteiger partial charge in [0.25, 0.3) is 0 Å². The van der Waals surface area contributed by atoms with Crippen molar-refractivity contribution in [2.75, 3.05) is 19.8 Å². The fraction of sp³-hybridized carbons (Fsp3) is 0.429. The van der Waals surface area contributed by atoms with Gasteiger partial charge in [-0.3, -0.25) is 0 Å². The molecule has 0 atom stereocenters. The van der Waals surface area contributed by atoms with Gasteiger partial charge < -0.3 is 20.7 Å². The largest absolute Gasteiger partial charge is 0.493 e. The Bertz CT molecular complexity index is 846. The Morgan fingerprint density at radius 3 is 2.32 bits per heavy atom. The summed E-state index contributed by atoms with van der Waals surface area (Å²) in [7, 11) is 0. The number of nitrogens with two attached hydrogens (primary N) is 1. The van der Waals surface area contributed by atoms with Gasteiger partial charge in [0.2, 0.25) is 0 Å². The van der Waals surface area contributed by atoms with Crippen molar-refractivity contribution in [1.82, 2.24) is 0 Å². The molecule has 0 aliphatic heterocycles. The summed E-state index contributed by atoms with van der Waals surface area (Å²) in [5, 5.41) is 18.4. The van der Waals surface area contributed by atoms with Gasteiger partial charge in [0.1, 0.15) is 11.6 Å². The van der Waals surface area contributed by atoms with E-state index in [4.69, 9.17) is 22.1 Å². The third-order valence-corrected chi connectivity index (χ3v) is 5.06. The van der Waals surface area contributed by atoms with E-state index < -0.39 is 36.3 Å². The van der Waals surface area contributed by atoms with Gasteiger partial charge in [-0.15, -0.1) is 12.4 Å². The number of halogens is 6. The molecule has 0 amide bonds. The van der Waals surface area contributed by atoms with E-state index in [2.05, 4.69) is 0 Å². The molecule has 0 unspecified atom stereocenters. The highest BCUT2D eigenvalue weighted by Crippen LogP contribution is 2.37. The first-order chi connectivity index (χ1) is 14.1. The molecular formula is C21H25Cl2F4NO3. The van der Waals surface area contributed by atoms with Crippen LogP contribution in [0.2, 0.25) is 5.02 Å². The number of rotatable bonds is 10. The van der Waals surface area contributed by atoms with Crippen LogP contribution in [0.1, 0.15) is 29.5 Å². The predicted octanol–water partition coefficient (Wildman–Crippen LogP) is 4.55. The molecule has 0 saturated heterocycles. The van der Waals surface area contributed by atoms with Gasteiger partial charge in [0.05, 0.1) is 35.9 Å². The Balaban J connectivity index is 0.00000480.